The smallest absolute Gasteiger partial charge is 0.190 e. The molecule has 0 radical (unpaired) electrons. The number of ether oxygens (including phenoxy) is 1. The van der Waals surface area contributed by atoms with E-state index in [1.807, 2.05) is 31.2 Å². The van der Waals surface area contributed by atoms with Gasteiger partial charge in [0.25, 0.3) is 0 Å². The van der Waals surface area contributed by atoms with Gasteiger partial charge >= 0.3 is 0 Å². The van der Waals surface area contributed by atoms with Crippen LogP contribution in [0.2, 0.25) is 0 Å². The monoisotopic (exact) mass is 360 g/mol. The second-order valence-corrected chi connectivity index (χ2v) is 7.19. The molecule has 0 heterocycles. The van der Waals surface area contributed by atoms with Crippen molar-refractivity contribution in [3.8, 4) is 5.75 Å². The summed E-state index contributed by atoms with van der Waals surface area (Å²) in [5.41, 5.74) is 2.73. The molecule has 0 fully saturated rings. The van der Waals surface area contributed by atoms with Crippen molar-refractivity contribution in [2.45, 2.75) is 19.8 Å². The van der Waals surface area contributed by atoms with E-state index in [1.54, 1.807) is 31.4 Å². The molecular weight excluding hydrogens is 340 g/mol. The maximum Gasteiger partial charge on any atom is 0.190 e. The van der Waals surface area contributed by atoms with Crippen molar-refractivity contribution < 1.29 is 19.1 Å². The van der Waals surface area contributed by atoms with Crippen LogP contribution < -0.4 is 4.74 Å². The molecule has 2 aromatic rings. The minimum absolute atomic E-state index is 0.0159. The van der Waals surface area contributed by atoms with Crippen molar-refractivity contribution in [1.82, 2.24) is 0 Å². The minimum Gasteiger partial charge on any atom is -0.497 e. The molecule has 0 aliphatic heterocycles. The molecule has 27 heavy (non-hydrogen) atoms. The first-order valence-corrected chi connectivity index (χ1v) is 9.08. The number of carbonyl (C=O) groups is 3. The van der Waals surface area contributed by atoms with Crippen LogP contribution in [0, 0.1) is 11.8 Å². The second-order valence-electron chi connectivity index (χ2n) is 7.19. The van der Waals surface area contributed by atoms with Gasteiger partial charge in [-0.25, -0.2) is 0 Å². The van der Waals surface area contributed by atoms with Gasteiger partial charge in [-0.3, -0.25) is 14.4 Å². The van der Waals surface area contributed by atoms with Crippen molar-refractivity contribution >= 4 is 17.3 Å². The first-order chi connectivity index (χ1) is 13.0. The van der Waals surface area contributed by atoms with Gasteiger partial charge in [0.15, 0.2) is 11.6 Å². The fourth-order valence-electron chi connectivity index (χ4n) is 4.16. The van der Waals surface area contributed by atoms with Crippen LogP contribution >= 0.6 is 0 Å². The van der Waals surface area contributed by atoms with Crippen LogP contribution in [0.1, 0.15) is 39.6 Å². The molecule has 4 rings (SSSR count). The number of hydrogen-bond acceptors (Lipinski definition) is 4. The van der Waals surface area contributed by atoms with Crippen LogP contribution in [0.15, 0.2) is 59.7 Å². The van der Waals surface area contributed by atoms with Crippen molar-refractivity contribution in [1.29, 1.82) is 0 Å². The lowest BCUT2D eigenvalue weighted by molar-refractivity contribution is -0.123. The molecule has 0 bridgehead atoms. The fraction of sp³-hybridized carbons (Fsp3) is 0.261. The van der Waals surface area contributed by atoms with E-state index in [0.717, 1.165) is 11.3 Å². The molecule has 2 aliphatic carbocycles. The van der Waals surface area contributed by atoms with Gasteiger partial charge in [0.2, 0.25) is 0 Å². The van der Waals surface area contributed by atoms with E-state index in [-0.39, 0.29) is 35.6 Å². The van der Waals surface area contributed by atoms with Crippen molar-refractivity contribution in [3.63, 3.8) is 0 Å². The summed E-state index contributed by atoms with van der Waals surface area (Å²) >= 11 is 0. The molecule has 4 heteroatoms. The summed E-state index contributed by atoms with van der Waals surface area (Å²) in [6.07, 6.45) is 0.564. The Labute approximate surface area is 157 Å². The summed E-state index contributed by atoms with van der Waals surface area (Å²) in [6.45, 7) is 1.86. The Bertz CT molecular complexity index is 999. The Morgan fingerprint density at radius 1 is 0.963 bits per heavy atom. The Balaban J connectivity index is 1.81. The molecule has 2 aliphatic rings. The van der Waals surface area contributed by atoms with E-state index in [2.05, 4.69) is 0 Å². The number of benzene rings is 2. The molecule has 2 unspecified atom stereocenters. The van der Waals surface area contributed by atoms with Gasteiger partial charge in [-0.2, -0.15) is 0 Å². The maximum atomic E-state index is 13.2. The van der Waals surface area contributed by atoms with Gasteiger partial charge < -0.3 is 4.74 Å². The molecule has 0 amide bonds. The third-order valence-corrected chi connectivity index (χ3v) is 5.68. The van der Waals surface area contributed by atoms with Crippen LogP contribution in [-0.4, -0.2) is 24.5 Å². The molecule has 0 saturated heterocycles. The quantitative estimate of drug-likeness (QED) is 0.834. The number of carbonyl (C=O) groups excluding carboxylic acids is 3. The number of Topliss-reactive ketones (excluding diaryl/α,β-unsaturated/α-hetero) is 3. The standard InChI is InChI=1S/C23H20O4/c1-13-18(11-14-6-5-7-15(10-14)27-2)21-19(12-20(13)24)22(25)16-8-3-4-9-17(16)23(21)26/h3-10,13,18H,11-12H2,1-2H3. The lowest BCUT2D eigenvalue weighted by Gasteiger charge is -2.34. The predicted octanol–water partition coefficient (Wildman–Crippen LogP) is 3.84. The first-order valence-electron chi connectivity index (χ1n) is 9.08. The van der Waals surface area contributed by atoms with Gasteiger partial charge in [0.1, 0.15) is 11.5 Å². The van der Waals surface area contributed by atoms with Crippen LogP contribution in [0.3, 0.4) is 0 Å². The third kappa shape index (κ3) is 2.81. The number of rotatable bonds is 3. The Morgan fingerprint density at radius 2 is 1.67 bits per heavy atom. The topological polar surface area (TPSA) is 60.4 Å². The number of hydrogen-bond donors (Lipinski definition) is 0. The summed E-state index contributed by atoms with van der Waals surface area (Å²) in [6, 6.07) is 14.5. The maximum absolute atomic E-state index is 13.2. The molecule has 136 valence electrons. The van der Waals surface area contributed by atoms with E-state index >= 15 is 0 Å². The van der Waals surface area contributed by atoms with Crippen molar-refractivity contribution in [2.75, 3.05) is 7.11 Å². The van der Waals surface area contributed by atoms with Gasteiger partial charge in [-0.05, 0) is 24.1 Å². The molecule has 0 N–H and O–H groups in total. The highest BCUT2D eigenvalue weighted by atomic mass is 16.5. The highest BCUT2D eigenvalue weighted by Gasteiger charge is 2.43. The Morgan fingerprint density at radius 3 is 2.37 bits per heavy atom. The molecule has 0 saturated carbocycles. The third-order valence-electron chi connectivity index (χ3n) is 5.68. The molecule has 2 atom stereocenters. The van der Waals surface area contributed by atoms with E-state index < -0.39 is 0 Å². The molecular formula is C23H20O4. The van der Waals surface area contributed by atoms with Gasteiger partial charge in [-0.15, -0.1) is 0 Å². The number of fused-ring (bicyclic) bond motifs is 1. The van der Waals surface area contributed by atoms with E-state index in [1.165, 1.54) is 0 Å². The number of methoxy groups -OCH3 is 1. The van der Waals surface area contributed by atoms with E-state index in [9.17, 15) is 14.4 Å². The average molecular weight is 360 g/mol. The van der Waals surface area contributed by atoms with E-state index in [0.29, 0.717) is 28.7 Å². The SMILES string of the molecule is COc1cccc(CC2C3=C(CC(=O)C2C)C(=O)c2ccccc2C3=O)c1. The van der Waals surface area contributed by atoms with Crippen LogP contribution in [0.25, 0.3) is 0 Å². The number of ketones is 3. The number of allylic oxidation sites excluding steroid dienone is 2. The van der Waals surface area contributed by atoms with Crippen LogP contribution in [0.4, 0.5) is 0 Å². The van der Waals surface area contributed by atoms with Gasteiger partial charge in [-0.1, -0.05) is 43.3 Å². The molecule has 0 spiro atoms. The normalized spacial score (nSPS) is 21.8. The predicted molar refractivity (Wildman–Crippen MR) is 101 cm³/mol. The summed E-state index contributed by atoms with van der Waals surface area (Å²) in [7, 11) is 1.60. The fourth-order valence-corrected chi connectivity index (χ4v) is 4.16. The van der Waals surface area contributed by atoms with Gasteiger partial charge in [0, 0.05) is 40.5 Å². The largest absolute Gasteiger partial charge is 0.497 e. The highest BCUT2D eigenvalue weighted by molar-refractivity contribution is 6.28. The summed E-state index contributed by atoms with van der Waals surface area (Å²) in [4.78, 5) is 38.8. The first kappa shape index (κ1) is 17.4. The Kier molecular flexibility index (Phi) is 4.27. The summed E-state index contributed by atoms with van der Waals surface area (Å²) < 4.78 is 5.28. The molecule has 2 aromatic carbocycles. The zero-order valence-electron chi connectivity index (χ0n) is 15.3. The van der Waals surface area contributed by atoms with Crippen molar-refractivity contribution in [3.05, 3.63) is 76.4 Å². The zero-order chi connectivity index (χ0) is 19.1. The van der Waals surface area contributed by atoms with Gasteiger partial charge in [0.05, 0.1) is 7.11 Å². The summed E-state index contributed by atoms with van der Waals surface area (Å²) in [5, 5.41) is 0. The van der Waals surface area contributed by atoms with E-state index in [4.69, 9.17) is 4.74 Å². The lowest BCUT2D eigenvalue weighted by atomic mass is 9.66. The zero-order valence-corrected chi connectivity index (χ0v) is 15.3. The highest BCUT2D eigenvalue weighted by Crippen LogP contribution is 2.41. The van der Waals surface area contributed by atoms with Crippen molar-refractivity contribution in [2.24, 2.45) is 11.8 Å². The summed E-state index contributed by atoms with van der Waals surface area (Å²) in [5.74, 6) is -0.172. The lowest BCUT2D eigenvalue weighted by Crippen LogP contribution is -2.38. The average Bonchev–Trinajstić information content (AvgIpc) is 2.69. The molecule has 0 aromatic heterocycles. The minimum atomic E-state index is -0.308. The Hall–Kier alpha value is -3.01. The van der Waals surface area contributed by atoms with Crippen LogP contribution in [0.5, 0.6) is 5.75 Å². The molecule has 4 nitrogen and oxygen atoms in total. The van der Waals surface area contributed by atoms with Crippen LogP contribution in [-0.2, 0) is 11.2 Å². The second kappa shape index (κ2) is 6.62.